The molecule has 0 aliphatic rings. The van der Waals surface area contributed by atoms with Gasteiger partial charge < -0.3 is 9.84 Å². The standard InChI is InChI=1S/C32H35NO6/c1-4-22(2)21-39-38-18-17-37-27-15-13-25(14-16-27)32(36)33-23(3)28(20-30(34)35)31-26(11-8-12-29(31)33)19-24-9-6-5-7-10-24/h5-16,22H,4,17-21H2,1-3H3,(H,34,35). The number of nitrogens with zero attached hydrogens (tertiary/aromatic N) is 1. The molecule has 3 aromatic carbocycles. The predicted molar refractivity (Wildman–Crippen MR) is 150 cm³/mol. The van der Waals surface area contributed by atoms with Crippen molar-refractivity contribution in [1.29, 1.82) is 0 Å². The van der Waals surface area contributed by atoms with Crippen LogP contribution in [-0.2, 0) is 27.4 Å². The van der Waals surface area contributed by atoms with Gasteiger partial charge in [-0.2, -0.15) is 0 Å². The Hall–Kier alpha value is -3.94. The molecule has 0 saturated heterocycles. The molecule has 1 aromatic heterocycles. The lowest BCUT2D eigenvalue weighted by atomic mass is 9.97. The highest BCUT2D eigenvalue weighted by molar-refractivity contribution is 6.05. The Labute approximate surface area is 228 Å². The Morgan fingerprint density at radius 3 is 2.36 bits per heavy atom. The molecular formula is C32H35NO6. The Balaban J connectivity index is 1.54. The molecular weight excluding hydrogens is 494 g/mol. The molecule has 0 radical (unpaired) electrons. The van der Waals surface area contributed by atoms with Crippen LogP contribution in [0.3, 0.4) is 0 Å². The summed E-state index contributed by atoms with van der Waals surface area (Å²) in [6.07, 6.45) is 1.50. The highest BCUT2D eigenvalue weighted by atomic mass is 17.2. The van der Waals surface area contributed by atoms with Gasteiger partial charge in [-0.05, 0) is 66.3 Å². The van der Waals surface area contributed by atoms with Gasteiger partial charge in [0.15, 0.2) is 0 Å². The number of carbonyl (C=O) groups is 2. The first-order chi connectivity index (χ1) is 18.9. The molecule has 7 heteroatoms. The van der Waals surface area contributed by atoms with Crippen LogP contribution < -0.4 is 4.74 Å². The van der Waals surface area contributed by atoms with Crippen LogP contribution in [0, 0.1) is 12.8 Å². The maximum atomic E-state index is 13.7. The summed E-state index contributed by atoms with van der Waals surface area (Å²) in [5, 5.41) is 10.5. The van der Waals surface area contributed by atoms with E-state index in [9.17, 15) is 14.7 Å². The maximum absolute atomic E-state index is 13.7. The topological polar surface area (TPSA) is 87.0 Å². The zero-order valence-corrected chi connectivity index (χ0v) is 22.7. The van der Waals surface area contributed by atoms with Crippen LogP contribution >= 0.6 is 0 Å². The van der Waals surface area contributed by atoms with E-state index in [4.69, 9.17) is 14.5 Å². The number of carboxylic acids is 1. The quantitative estimate of drug-likeness (QED) is 0.126. The van der Waals surface area contributed by atoms with Crippen molar-refractivity contribution in [2.24, 2.45) is 5.92 Å². The molecule has 4 aromatic rings. The van der Waals surface area contributed by atoms with Crippen molar-refractivity contribution in [2.45, 2.75) is 40.0 Å². The second-order valence-corrected chi connectivity index (χ2v) is 9.74. The smallest absolute Gasteiger partial charge is 0.307 e. The normalized spacial score (nSPS) is 12.0. The molecule has 1 N–H and O–H groups in total. The first-order valence-electron chi connectivity index (χ1n) is 13.3. The van der Waals surface area contributed by atoms with Crippen LogP contribution in [0.2, 0.25) is 0 Å². The molecule has 7 nitrogen and oxygen atoms in total. The minimum Gasteiger partial charge on any atom is -0.491 e. The van der Waals surface area contributed by atoms with Gasteiger partial charge in [-0.15, -0.1) is 0 Å². The summed E-state index contributed by atoms with van der Waals surface area (Å²) in [6.45, 7) is 7.16. The minimum atomic E-state index is -0.935. The van der Waals surface area contributed by atoms with Gasteiger partial charge in [-0.25, -0.2) is 9.78 Å². The number of carbonyl (C=O) groups excluding carboxylic acids is 1. The van der Waals surface area contributed by atoms with Gasteiger partial charge >= 0.3 is 5.97 Å². The van der Waals surface area contributed by atoms with E-state index in [0.29, 0.717) is 60.2 Å². The van der Waals surface area contributed by atoms with E-state index in [1.165, 1.54) is 0 Å². The zero-order valence-electron chi connectivity index (χ0n) is 22.7. The summed E-state index contributed by atoms with van der Waals surface area (Å²) in [5.74, 6) is -0.107. The summed E-state index contributed by atoms with van der Waals surface area (Å²) in [7, 11) is 0. The third-order valence-electron chi connectivity index (χ3n) is 6.88. The molecule has 0 fully saturated rings. The molecule has 0 saturated carbocycles. The van der Waals surface area contributed by atoms with E-state index in [1.807, 2.05) is 55.5 Å². The number of benzene rings is 3. The molecule has 0 bridgehead atoms. The van der Waals surface area contributed by atoms with Crippen LogP contribution in [0.25, 0.3) is 10.9 Å². The van der Waals surface area contributed by atoms with Gasteiger partial charge in [-0.1, -0.05) is 62.7 Å². The molecule has 1 heterocycles. The van der Waals surface area contributed by atoms with E-state index >= 15 is 0 Å². The number of fused-ring (bicyclic) bond motifs is 1. The summed E-state index contributed by atoms with van der Waals surface area (Å²) in [6, 6.07) is 22.7. The molecule has 4 rings (SSSR count). The minimum absolute atomic E-state index is 0.162. The number of hydrogen-bond donors (Lipinski definition) is 1. The Bertz CT molecular complexity index is 1410. The second kappa shape index (κ2) is 13.2. The average Bonchev–Trinajstić information content (AvgIpc) is 3.22. The summed E-state index contributed by atoms with van der Waals surface area (Å²) in [4.78, 5) is 35.8. The first-order valence-corrected chi connectivity index (χ1v) is 13.3. The van der Waals surface area contributed by atoms with Gasteiger partial charge in [-0.3, -0.25) is 14.2 Å². The molecule has 0 amide bonds. The highest BCUT2D eigenvalue weighted by Crippen LogP contribution is 2.32. The van der Waals surface area contributed by atoms with E-state index in [0.717, 1.165) is 22.9 Å². The van der Waals surface area contributed by atoms with E-state index < -0.39 is 5.97 Å². The maximum Gasteiger partial charge on any atom is 0.307 e. The monoisotopic (exact) mass is 529 g/mol. The molecule has 1 unspecified atom stereocenters. The first kappa shape index (κ1) is 28.1. The van der Waals surface area contributed by atoms with Gasteiger partial charge in [0.1, 0.15) is 19.0 Å². The predicted octanol–water partition coefficient (Wildman–Crippen LogP) is 6.23. The highest BCUT2D eigenvalue weighted by Gasteiger charge is 2.23. The fourth-order valence-electron chi connectivity index (χ4n) is 4.57. The van der Waals surface area contributed by atoms with Crippen molar-refractivity contribution < 1.29 is 29.2 Å². The van der Waals surface area contributed by atoms with Crippen molar-refractivity contribution in [1.82, 2.24) is 4.57 Å². The Morgan fingerprint density at radius 2 is 1.67 bits per heavy atom. The summed E-state index contributed by atoms with van der Waals surface area (Å²) >= 11 is 0. The lowest BCUT2D eigenvalue weighted by Gasteiger charge is -2.11. The van der Waals surface area contributed by atoms with Crippen LogP contribution in [-0.4, -0.2) is 41.4 Å². The number of rotatable bonds is 13. The van der Waals surface area contributed by atoms with E-state index in [-0.39, 0.29) is 12.3 Å². The number of aliphatic carboxylic acids is 1. The summed E-state index contributed by atoms with van der Waals surface area (Å²) < 4.78 is 7.33. The molecule has 39 heavy (non-hydrogen) atoms. The largest absolute Gasteiger partial charge is 0.491 e. The number of hydrogen-bond acceptors (Lipinski definition) is 5. The molecule has 204 valence electrons. The number of ether oxygens (including phenoxy) is 1. The Morgan fingerprint density at radius 1 is 0.923 bits per heavy atom. The number of carboxylic acid groups (broad SMARTS) is 1. The van der Waals surface area contributed by atoms with Crippen LogP contribution in [0.15, 0.2) is 72.8 Å². The van der Waals surface area contributed by atoms with E-state index in [2.05, 4.69) is 13.8 Å². The van der Waals surface area contributed by atoms with Crippen molar-refractivity contribution in [2.75, 3.05) is 19.8 Å². The molecule has 0 aliphatic heterocycles. The van der Waals surface area contributed by atoms with Crippen molar-refractivity contribution in [3.63, 3.8) is 0 Å². The summed E-state index contributed by atoms with van der Waals surface area (Å²) in [5.41, 5.74) is 4.58. The third kappa shape index (κ3) is 6.93. The SMILES string of the molecule is CCC(C)COOCCOc1ccc(C(=O)n2c(C)c(CC(=O)O)c3c(Cc4ccccc4)cccc32)cc1. The van der Waals surface area contributed by atoms with Gasteiger partial charge in [0.05, 0.1) is 18.5 Å². The molecule has 1 atom stereocenters. The van der Waals surface area contributed by atoms with Crippen molar-refractivity contribution in [3.8, 4) is 5.75 Å². The van der Waals surface area contributed by atoms with Gasteiger partial charge in [0.25, 0.3) is 5.91 Å². The van der Waals surface area contributed by atoms with Crippen LogP contribution in [0.4, 0.5) is 0 Å². The molecule has 0 spiro atoms. The average molecular weight is 530 g/mol. The van der Waals surface area contributed by atoms with Crippen LogP contribution in [0.1, 0.15) is 53.0 Å². The zero-order chi connectivity index (χ0) is 27.8. The Kier molecular flexibility index (Phi) is 9.52. The van der Waals surface area contributed by atoms with Crippen LogP contribution in [0.5, 0.6) is 5.75 Å². The number of aromatic nitrogens is 1. The fraction of sp³-hybridized carbons (Fsp3) is 0.312. The molecule has 0 aliphatic carbocycles. The second-order valence-electron chi connectivity index (χ2n) is 9.74. The lowest BCUT2D eigenvalue weighted by molar-refractivity contribution is -0.302. The third-order valence-corrected chi connectivity index (χ3v) is 6.88. The van der Waals surface area contributed by atoms with Gasteiger partial charge in [0, 0.05) is 16.6 Å². The van der Waals surface area contributed by atoms with Crippen molar-refractivity contribution in [3.05, 3.63) is 101 Å². The lowest BCUT2D eigenvalue weighted by Crippen LogP contribution is -2.14. The fourth-order valence-corrected chi connectivity index (χ4v) is 4.57. The van der Waals surface area contributed by atoms with Crippen molar-refractivity contribution >= 4 is 22.8 Å². The van der Waals surface area contributed by atoms with E-state index in [1.54, 1.807) is 28.8 Å². The van der Waals surface area contributed by atoms with Gasteiger partial charge in [0.2, 0.25) is 0 Å².